The molecule has 0 spiro atoms. The topological polar surface area (TPSA) is 70.7 Å². The lowest BCUT2D eigenvalue weighted by Gasteiger charge is -2.16. The fraction of sp³-hybridized carbons (Fsp3) is 0.467. The molecular formula is C15H21Cl2N3O3. The van der Waals surface area contributed by atoms with Crippen LogP contribution in [0.25, 0.3) is 0 Å². The summed E-state index contributed by atoms with van der Waals surface area (Å²) in [7, 11) is 3.29. The molecule has 2 amide bonds. The molecule has 0 atom stereocenters. The maximum Gasteiger partial charge on any atom is 0.238 e. The second-order valence-electron chi connectivity index (χ2n) is 5.01. The van der Waals surface area contributed by atoms with E-state index in [1.54, 1.807) is 37.3 Å². The lowest BCUT2D eigenvalue weighted by molar-refractivity contribution is -0.123. The van der Waals surface area contributed by atoms with Crippen molar-refractivity contribution in [3.05, 3.63) is 28.2 Å². The molecule has 6 nitrogen and oxygen atoms in total. The van der Waals surface area contributed by atoms with Crippen molar-refractivity contribution in [1.29, 1.82) is 0 Å². The van der Waals surface area contributed by atoms with Crippen molar-refractivity contribution in [2.24, 2.45) is 0 Å². The molecule has 0 unspecified atom stereocenters. The van der Waals surface area contributed by atoms with E-state index in [0.29, 0.717) is 28.9 Å². The van der Waals surface area contributed by atoms with Gasteiger partial charge >= 0.3 is 0 Å². The van der Waals surface area contributed by atoms with Crippen LogP contribution >= 0.6 is 23.2 Å². The predicted molar refractivity (Wildman–Crippen MR) is 92.1 cm³/mol. The average Bonchev–Trinajstić information content (AvgIpc) is 2.47. The Labute approximate surface area is 146 Å². The number of likely N-dealkylation sites (N-methyl/N-ethyl adjacent to an activating group) is 1. The smallest absolute Gasteiger partial charge is 0.238 e. The number of methoxy groups -OCH3 is 1. The number of carbonyl (C=O) groups is 2. The first kappa shape index (κ1) is 19.7. The van der Waals surface area contributed by atoms with E-state index in [9.17, 15) is 9.59 Å². The van der Waals surface area contributed by atoms with Crippen LogP contribution < -0.4 is 10.6 Å². The number of benzene rings is 1. The van der Waals surface area contributed by atoms with E-state index in [-0.39, 0.29) is 24.9 Å². The van der Waals surface area contributed by atoms with E-state index in [1.807, 2.05) is 0 Å². The Morgan fingerprint density at radius 3 is 2.39 bits per heavy atom. The molecule has 128 valence electrons. The maximum absolute atomic E-state index is 12.0. The number of nitrogens with zero attached hydrogens (tertiary/aromatic N) is 1. The third-order valence-corrected chi connectivity index (χ3v) is 3.53. The fourth-order valence-electron chi connectivity index (χ4n) is 1.84. The summed E-state index contributed by atoms with van der Waals surface area (Å²) >= 11 is 12.0. The summed E-state index contributed by atoms with van der Waals surface area (Å²) in [5.74, 6) is -0.443. The number of ether oxygens (including phenoxy) is 1. The standard InChI is InChI=1S/C15H21Cl2N3O3/c1-20(9-13(21)18-7-4-8-23-2)10-14(22)19-15-11(16)5-3-6-12(15)17/h3,5-6H,4,7-10H2,1-2H3,(H,18,21)(H,19,22). The molecule has 0 bridgehead atoms. The highest BCUT2D eigenvalue weighted by atomic mass is 35.5. The van der Waals surface area contributed by atoms with Gasteiger partial charge in [0.2, 0.25) is 11.8 Å². The van der Waals surface area contributed by atoms with Crippen LogP contribution in [0.5, 0.6) is 0 Å². The Balaban J connectivity index is 2.37. The Bertz CT molecular complexity index is 520. The highest BCUT2D eigenvalue weighted by Gasteiger charge is 2.13. The Morgan fingerprint density at radius 2 is 1.78 bits per heavy atom. The van der Waals surface area contributed by atoms with Crippen molar-refractivity contribution in [2.75, 3.05) is 45.7 Å². The van der Waals surface area contributed by atoms with Crippen molar-refractivity contribution < 1.29 is 14.3 Å². The van der Waals surface area contributed by atoms with E-state index >= 15 is 0 Å². The van der Waals surface area contributed by atoms with Crippen molar-refractivity contribution in [3.63, 3.8) is 0 Å². The molecule has 1 aromatic rings. The summed E-state index contributed by atoms with van der Waals surface area (Å²) in [5, 5.41) is 6.14. The van der Waals surface area contributed by atoms with Crippen LogP contribution in [0.15, 0.2) is 18.2 Å². The van der Waals surface area contributed by atoms with Gasteiger partial charge in [-0.1, -0.05) is 29.3 Å². The van der Waals surface area contributed by atoms with Gasteiger partial charge in [0.25, 0.3) is 0 Å². The number of rotatable bonds is 9. The summed E-state index contributed by atoms with van der Waals surface area (Å²) in [6.07, 6.45) is 0.747. The minimum atomic E-state index is -0.297. The van der Waals surface area contributed by atoms with Gasteiger partial charge in [0, 0.05) is 20.3 Å². The highest BCUT2D eigenvalue weighted by molar-refractivity contribution is 6.39. The van der Waals surface area contributed by atoms with Crippen LogP contribution in [0.4, 0.5) is 5.69 Å². The zero-order valence-corrected chi connectivity index (χ0v) is 14.7. The molecule has 0 saturated carbocycles. The minimum Gasteiger partial charge on any atom is -0.385 e. The van der Waals surface area contributed by atoms with Gasteiger partial charge in [0.15, 0.2) is 0 Å². The SMILES string of the molecule is COCCCNC(=O)CN(C)CC(=O)Nc1c(Cl)cccc1Cl. The maximum atomic E-state index is 12.0. The number of halogens is 2. The normalized spacial score (nSPS) is 10.7. The van der Waals surface area contributed by atoms with Crippen LogP contribution in [0.2, 0.25) is 10.0 Å². The average molecular weight is 362 g/mol. The third kappa shape index (κ3) is 7.65. The number of anilines is 1. The highest BCUT2D eigenvalue weighted by Crippen LogP contribution is 2.29. The third-order valence-electron chi connectivity index (χ3n) is 2.90. The first-order valence-corrected chi connectivity index (χ1v) is 7.87. The molecule has 0 aliphatic carbocycles. The summed E-state index contributed by atoms with van der Waals surface area (Å²) in [6, 6.07) is 4.97. The summed E-state index contributed by atoms with van der Waals surface area (Å²) in [5.41, 5.74) is 0.373. The minimum absolute atomic E-state index is 0.0487. The van der Waals surface area contributed by atoms with E-state index in [2.05, 4.69) is 10.6 Å². The van der Waals surface area contributed by atoms with Crippen molar-refractivity contribution in [2.45, 2.75) is 6.42 Å². The molecule has 1 aromatic carbocycles. The molecule has 8 heteroatoms. The monoisotopic (exact) mass is 361 g/mol. The Kier molecular flexibility index (Phi) is 8.94. The second-order valence-corrected chi connectivity index (χ2v) is 5.83. The summed E-state index contributed by atoms with van der Waals surface area (Å²) in [6.45, 7) is 1.31. The van der Waals surface area contributed by atoms with Crippen LogP contribution in [0.3, 0.4) is 0 Å². The Hall–Kier alpha value is -1.34. The fourth-order valence-corrected chi connectivity index (χ4v) is 2.33. The first-order chi connectivity index (χ1) is 10.9. The van der Waals surface area contributed by atoms with Gasteiger partial charge in [-0.25, -0.2) is 0 Å². The molecule has 0 aliphatic rings. The molecule has 23 heavy (non-hydrogen) atoms. The van der Waals surface area contributed by atoms with Crippen LogP contribution in [-0.4, -0.2) is 57.1 Å². The number of hydrogen-bond donors (Lipinski definition) is 2. The van der Waals surface area contributed by atoms with E-state index in [0.717, 1.165) is 6.42 Å². The van der Waals surface area contributed by atoms with E-state index < -0.39 is 0 Å². The zero-order valence-electron chi connectivity index (χ0n) is 13.2. The van der Waals surface area contributed by atoms with E-state index in [4.69, 9.17) is 27.9 Å². The lowest BCUT2D eigenvalue weighted by Crippen LogP contribution is -2.39. The quantitative estimate of drug-likeness (QED) is 0.660. The number of carbonyl (C=O) groups excluding carboxylic acids is 2. The summed E-state index contributed by atoms with van der Waals surface area (Å²) < 4.78 is 4.90. The predicted octanol–water partition coefficient (Wildman–Crippen LogP) is 2.02. The Morgan fingerprint density at radius 1 is 1.17 bits per heavy atom. The molecule has 0 heterocycles. The molecule has 2 N–H and O–H groups in total. The van der Waals surface area contributed by atoms with Crippen molar-refractivity contribution in [3.8, 4) is 0 Å². The zero-order chi connectivity index (χ0) is 17.2. The molecule has 0 radical (unpaired) electrons. The van der Waals surface area contributed by atoms with Crippen LogP contribution in [0, 0.1) is 0 Å². The number of hydrogen-bond acceptors (Lipinski definition) is 4. The van der Waals surface area contributed by atoms with Crippen LogP contribution in [-0.2, 0) is 14.3 Å². The van der Waals surface area contributed by atoms with Gasteiger partial charge in [0.05, 0.1) is 28.8 Å². The van der Waals surface area contributed by atoms with Gasteiger partial charge in [-0.15, -0.1) is 0 Å². The van der Waals surface area contributed by atoms with Gasteiger partial charge in [0.1, 0.15) is 0 Å². The van der Waals surface area contributed by atoms with E-state index in [1.165, 1.54) is 0 Å². The van der Waals surface area contributed by atoms with Gasteiger partial charge in [-0.05, 0) is 25.6 Å². The van der Waals surface area contributed by atoms with Gasteiger partial charge in [-0.2, -0.15) is 0 Å². The molecule has 0 fully saturated rings. The van der Waals surface area contributed by atoms with Crippen molar-refractivity contribution >= 4 is 40.7 Å². The molecular weight excluding hydrogens is 341 g/mol. The molecule has 0 aliphatic heterocycles. The number of nitrogens with one attached hydrogen (secondary N) is 2. The van der Waals surface area contributed by atoms with Crippen LogP contribution in [0.1, 0.15) is 6.42 Å². The summed E-state index contributed by atoms with van der Waals surface area (Å²) in [4.78, 5) is 25.3. The molecule has 0 aromatic heterocycles. The molecule has 1 rings (SSSR count). The number of amides is 2. The largest absolute Gasteiger partial charge is 0.385 e. The second kappa shape index (κ2) is 10.4. The molecule has 0 saturated heterocycles. The lowest BCUT2D eigenvalue weighted by atomic mass is 10.3. The van der Waals surface area contributed by atoms with Crippen molar-refractivity contribution in [1.82, 2.24) is 10.2 Å². The van der Waals surface area contributed by atoms with Gasteiger partial charge < -0.3 is 15.4 Å². The first-order valence-electron chi connectivity index (χ1n) is 7.12. The van der Waals surface area contributed by atoms with Gasteiger partial charge in [-0.3, -0.25) is 14.5 Å². The number of para-hydroxylation sites is 1.